The lowest BCUT2D eigenvalue weighted by Crippen LogP contribution is -2.49. The van der Waals surface area contributed by atoms with E-state index < -0.39 is 0 Å². The number of methoxy groups -OCH3 is 1. The van der Waals surface area contributed by atoms with E-state index in [4.69, 9.17) is 15.3 Å². The number of oxime groups is 1. The number of piperazine rings is 1. The predicted octanol–water partition coefficient (Wildman–Crippen LogP) is 2.07. The van der Waals surface area contributed by atoms with E-state index in [0.29, 0.717) is 13.1 Å². The highest BCUT2D eigenvalue weighted by atomic mass is 16.6. The first kappa shape index (κ1) is 22.7. The molecule has 176 valence electrons. The molecule has 0 spiro atoms. The minimum absolute atomic E-state index is 0.0929. The number of anilines is 2. The number of hydrogen-bond acceptors (Lipinski definition) is 7. The Morgan fingerprint density at radius 1 is 1.00 bits per heavy atom. The van der Waals surface area contributed by atoms with Crippen LogP contribution in [0.25, 0.3) is 0 Å². The second kappa shape index (κ2) is 10.9. The maximum absolute atomic E-state index is 12.5. The third kappa shape index (κ3) is 5.85. The zero-order valence-electron chi connectivity index (χ0n) is 19.2. The van der Waals surface area contributed by atoms with Gasteiger partial charge in [-0.25, -0.2) is 4.98 Å². The van der Waals surface area contributed by atoms with Crippen LogP contribution in [0.15, 0.2) is 47.8 Å². The molecular weight excluding hydrogens is 420 g/mol. The van der Waals surface area contributed by atoms with Crippen LogP contribution in [0.1, 0.15) is 24.8 Å². The Kier molecular flexibility index (Phi) is 7.49. The van der Waals surface area contributed by atoms with E-state index in [-0.39, 0.29) is 18.3 Å². The number of nitrogens with zero attached hydrogens (tertiary/aromatic N) is 5. The number of amidine groups is 1. The lowest BCUT2D eigenvalue weighted by molar-refractivity contribution is -0.136. The molecule has 33 heavy (non-hydrogen) atoms. The molecule has 0 saturated carbocycles. The standard InChI is InChI=1S/C24H32N6O3/c1-32-21-7-5-20(6-8-21)28-13-15-30(16-14-28)23(31)18-33-27-24(25)19-9-10-26-22(17-19)29-11-3-2-4-12-29/h5-10,17H,2-4,11-16,18H2,1H3,(H2,25,27). The van der Waals surface area contributed by atoms with Gasteiger partial charge in [0.2, 0.25) is 0 Å². The maximum Gasteiger partial charge on any atom is 0.263 e. The molecule has 9 nitrogen and oxygen atoms in total. The van der Waals surface area contributed by atoms with Crippen molar-refractivity contribution in [2.45, 2.75) is 19.3 Å². The number of ether oxygens (including phenoxy) is 1. The van der Waals surface area contributed by atoms with Crippen LogP contribution >= 0.6 is 0 Å². The van der Waals surface area contributed by atoms with Gasteiger partial charge in [0, 0.05) is 56.7 Å². The molecule has 9 heteroatoms. The van der Waals surface area contributed by atoms with Gasteiger partial charge in [0.25, 0.3) is 5.91 Å². The summed E-state index contributed by atoms with van der Waals surface area (Å²) in [6.45, 7) is 4.68. The normalized spacial score (nSPS) is 17.1. The summed E-state index contributed by atoms with van der Waals surface area (Å²) in [5, 5.41) is 3.97. The molecular formula is C24H32N6O3. The van der Waals surface area contributed by atoms with Crippen molar-refractivity contribution in [3.63, 3.8) is 0 Å². The highest BCUT2D eigenvalue weighted by molar-refractivity contribution is 5.97. The quantitative estimate of drug-likeness (QED) is 0.390. The molecule has 0 unspecified atom stereocenters. The molecule has 1 amide bonds. The van der Waals surface area contributed by atoms with Gasteiger partial charge in [-0.2, -0.15) is 0 Å². The van der Waals surface area contributed by atoms with E-state index >= 15 is 0 Å². The molecule has 0 atom stereocenters. The molecule has 0 aliphatic carbocycles. The molecule has 2 aliphatic heterocycles. The van der Waals surface area contributed by atoms with Gasteiger partial charge >= 0.3 is 0 Å². The van der Waals surface area contributed by atoms with Gasteiger partial charge in [-0.15, -0.1) is 0 Å². The second-order valence-electron chi connectivity index (χ2n) is 8.27. The zero-order chi connectivity index (χ0) is 23.0. The number of carbonyl (C=O) groups is 1. The van der Waals surface area contributed by atoms with Gasteiger partial charge in [0.15, 0.2) is 12.4 Å². The Hall–Kier alpha value is -3.49. The number of hydrogen-bond donors (Lipinski definition) is 1. The summed E-state index contributed by atoms with van der Waals surface area (Å²) in [6.07, 6.45) is 5.34. The highest BCUT2D eigenvalue weighted by Gasteiger charge is 2.22. The van der Waals surface area contributed by atoms with Crippen LogP contribution in [0.3, 0.4) is 0 Å². The summed E-state index contributed by atoms with van der Waals surface area (Å²) < 4.78 is 5.21. The second-order valence-corrected chi connectivity index (χ2v) is 8.27. The third-order valence-electron chi connectivity index (χ3n) is 6.14. The lowest BCUT2D eigenvalue weighted by Gasteiger charge is -2.36. The number of pyridine rings is 1. The fourth-order valence-electron chi connectivity index (χ4n) is 4.18. The Labute approximate surface area is 194 Å². The minimum atomic E-state index is -0.132. The lowest BCUT2D eigenvalue weighted by atomic mass is 10.1. The van der Waals surface area contributed by atoms with Crippen molar-refractivity contribution in [3.8, 4) is 5.75 Å². The van der Waals surface area contributed by atoms with Gasteiger partial charge in [0.1, 0.15) is 11.6 Å². The molecule has 1 aromatic heterocycles. The van der Waals surface area contributed by atoms with Crippen molar-refractivity contribution in [1.82, 2.24) is 9.88 Å². The van der Waals surface area contributed by atoms with Crippen LogP contribution in [-0.2, 0) is 9.63 Å². The van der Waals surface area contributed by atoms with E-state index in [0.717, 1.165) is 49.0 Å². The first-order valence-electron chi connectivity index (χ1n) is 11.5. The fraction of sp³-hybridized carbons (Fsp3) is 0.458. The highest BCUT2D eigenvalue weighted by Crippen LogP contribution is 2.21. The van der Waals surface area contributed by atoms with Crippen molar-refractivity contribution < 1.29 is 14.4 Å². The number of amides is 1. The molecule has 3 heterocycles. The van der Waals surface area contributed by atoms with Gasteiger partial charge in [-0.1, -0.05) is 5.16 Å². The van der Waals surface area contributed by atoms with Gasteiger partial charge < -0.3 is 30.0 Å². The summed E-state index contributed by atoms with van der Waals surface area (Å²) in [7, 11) is 1.66. The molecule has 2 saturated heterocycles. The van der Waals surface area contributed by atoms with Crippen molar-refractivity contribution in [1.29, 1.82) is 0 Å². The number of carbonyl (C=O) groups excluding carboxylic acids is 1. The van der Waals surface area contributed by atoms with Crippen molar-refractivity contribution >= 4 is 23.2 Å². The maximum atomic E-state index is 12.5. The summed E-state index contributed by atoms with van der Waals surface area (Å²) in [5.41, 5.74) is 7.96. The first-order valence-corrected chi connectivity index (χ1v) is 11.5. The van der Waals surface area contributed by atoms with E-state index in [1.807, 2.05) is 30.3 Å². The van der Waals surface area contributed by atoms with Crippen molar-refractivity contribution in [2.75, 3.05) is 62.8 Å². The minimum Gasteiger partial charge on any atom is -0.497 e. The van der Waals surface area contributed by atoms with Crippen LogP contribution < -0.4 is 20.3 Å². The van der Waals surface area contributed by atoms with Gasteiger partial charge in [0.05, 0.1) is 7.11 Å². The molecule has 1 aromatic carbocycles. The fourth-order valence-corrected chi connectivity index (χ4v) is 4.18. The summed E-state index contributed by atoms with van der Waals surface area (Å²) in [5.74, 6) is 1.88. The Bertz CT molecular complexity index is 951. The van der Waals surface area contributed by atoms with E-state index in [9.17, 15) is 4.79 Å². The van der Waals surface area contributed by atoms with Crippen LogP contribution in [0.5, 0.6) is 5.75 Å². The van der Waals surface area contributed by atoms with Gasteiger partial charge in [-0.05, 0) is 55.7 Å². The van der Waals surface area contributed by atoms with Crippen LogP contribution in [-0.4, -0.2) is 74.6 Å². The number of rotatable bonds is 7. The molecule has 2 fully saturated rings. The van der Waals surface area contributed by atoms with Crippen LogP contribution in [0, 0.1) is 0 Å². The predicted molar refractivity (Wildman–Crippen MR) is 129 cm³/mol. The molecule has 2 aromatic rings. The van der Waals surface area contributed by atoms with Crippen LogP contribution in [0.4, 0.5) is 11.5 Å². The Morgan fingerprint density at radius 3 is 2.42 bits per heavy atom. The zero-order valence-corrected chi connectivity index (χ0v) is 19.2. The largest absolute Gasteiger partial charge is 0.497 e. The van der Waals surface area contributed by atoms with Crippen LogP contribution in [0.2, 0.25) is 0 Å². The average Bonchev–Trinajstić information content (AvgIpc) is 2.89. The molecule has 0 bridgehead atoms. The number of aromatic nitrogens is 1. The van der Waals surface area contributed by atoms with E-state index in [1.54, 1.807) is 24.3 Å². The van der Waals surface area contributed by atoms with E-state index in [2.05, 4.69) is 19.9 Å². The molecule has 2 N–H and O–H groups in total. The summed E-state index contributed by atoms with van der Waals surface area (Å²) in [6, 6.07) is 11.7. The summed E-state index contributed by atoms with van der Waals surface area (Å²) >= 11 is 0. The molecule has 2 aliphatic rings. The monoisotopic (exact) mass is 452 g/mol. The average molecular weight is 453 g/mol. The smallest absolute Gasteiger partial charge is 0.263 e. The Balaban J connectivity index is 1.25. The number of nitrogens with two attached hydrogens (primary N) is 1. The molecule has 0 radical (unpaired) electrons. The Morgan fingerprint density at radius 2 is 1.73 bits per heavy atom. The third-order valence-corrected chi connectivity index (χ3v) is 6.14. The van der Waals surface area contributed by atoms with E-state index in [1.165, 1.54) is 19.3 Å². The first-order chi connectivity index (χ1) is 16.1. The SMILES string of the molecule is COc1ccc(N2CCN(C(=O)CO/N=C(/N)c3ccnc(N4CCCCC4)c3)CC2)cc1. The molecule has 4 rings (SSSR count). The van der Waals surface area contributed by atoms with Gasteiger partial charge in [-0.3, -0.25) is 4.79 Å². The topological polar surface area (TPSA) is 96.5 Å². The number of benzene rings is 1. The number of piperidine rings is 1. The summed E-state index contributed by atoms with van der Waals surface area (Å²) in [4.78, 5) is 28.6. The van der Waals surface area contributed by atoms with Crippen molar-refractivity contribution in [3.05, 3.63) is 48.2 Å². The van der Waals surface area contributed by atoms with Crippen molar-refractivity contribution in [2.24, 2.45) is 10.9 Å².